The first kappa shape index (κ1) is 12.3. The third-order valence-corrected chi connectivity index (χ3v) is 3.64. The molecule has 2 nitrogen and oxygen atoms in total. The molecule has 1 unspecified atom stereocenters. The van der Waals surface area contributed by atoms with Gasteiger partial charge in [-0.3, -0.25) is 4.98 Å². The van der Waals surface area contributed by atoms with Gasteiger partial charge in [0.2, 0.25) is 0 Å². The zero-order valence-corrected chi connectivity index (χ0v) is 10.8. The van der Waals surface area contributed by atoms with E-state index in [0.29, 0.717) is 6.54 Å². The van der Waals surface area contributed by atoms with E-state index in [0.717, 1.165) is 24.1 Å². The second-order valence-corrected chi connectivity index (χ2v) is 5.00. The smallest absolute Gasteiger partial charge is 0.123 e. The minimum Gasteiger partial charge on any atom is -0.305 e. The van der Waals surface area contributed by atoms with Gasteiger partial charge in [-0.05, 0) is 48.6 Å². The highest BCUT2D eigenvalue weighted by Crippen LogP contribution is 2.27. The minimum absolute atomic E-state index is 0.179. The molecule has 0 fully saturated rings. The fourth-order valence-electron chi connectivity index (χ4n) is 2.70. The molecule has 0 radical (unpaired) electrons. The number of halogens is 1. The first-order chi connectivity index (χ1) is 9.33. The minimum atomic E-state index is -0.179. The van der Waals surface area contributed by atoms with Gasteiger partial charge >= 0.3 is 0 Å². The lowest BCUT2D eigenvalue weighted by Gasteiger charge is -2.25. The number of nitrogens with one attached hydrogen (secondary N) is 1. The summed E-state index contributed by atoms with van der Waals surface area (Å²) in [6, 6.07) is 11.2. The van der Waals surface area contributed by atoms with E-state index in [2.05, 4.69) is 16.4 Å². The quantitative estimate of drug-likeness (QED) is 0.910. The summed E-state index contributed by atoms with van der Waals surface area (Å²) in [5.74, 6) is -0.179. The van der Waals surface area contributed by atoms with Crippen LogP contribution in [0.5, 0.6) is 0 Å². The number of benzene rings is 1. The van der Waals surface area contributed by atoms with Crippen molar-refractivity contribution >= 4 is 0 Å². The van der Waals surface area contributed by atoms with Crippen molar-refractivity contribution < 1.29 is 4.39 Å². The van der Waals surface area contributed by atoms with Crippen molar-refractivity contribution in [1.82, 2.24) is 10.3 Å². The highest BCUT2D eigenvalue weighted by atomic mass is 19.1. The zero-order chi connectivity index (χ0) is 13.1. The van der Waals surface area contributed by atoms with Crippen LogP contribution in [0.25, 0.3) is 0 Å². The molecule has 1 N–H and O–H groups in total. The molecule has 1 heterocycles. The highest BCUT2D eigenvalue weighted by Gasteiger charge is 2.20. The van der Waals surface area contributed by atoms with E-state index in [9.17, 15) is 4.39 Å². The maximum absolute atomic E-state index is 13.1. The summed E-state index contributed by atoms with van der Waals surface area (Å²) >= 11 is 0. The Morgan fingerprint density at radius 3 is 3.11 bits per heavy atom. The average molecular weight is 256 g/mol. The molecule has 0 bridgehead atoms. The molecule has 1 atom stereocenters. The molecule has 0 saturated heterocycles. The summed E-state index contributed by atoms with van der Waals surface area (Å²) in [5, 5.41) is 3.49. The Morgan fingerprint density at radius 1 is 1.26 bits per heavy atom. The second-order valence-electron chi connectivity index (χ2n) is 5.00. The van der Waals surface area contributed by atoms with Gasteiger partial charge in [0.15, 0.2) is 0 Å². The molecule has 1 aliphatic rings. The Kier molecular flexibility index (Phi) is 3.56. The normalized spacial score (nSPS) is 18.1. The van der Waals surface area contributed by atoms with E-state index in [1.54, 1.807) is 12.1 Å². The molecule has 3 rings (SSSR count). The van der Waals surface area contributed by atoms with E-state index in [1.807, 2.05) is 18.3 Å². The van der Waals surface area contributed by atoms with Gasteiger partial charge in [0.25, 0.3) is 0 Å². The maximum atomic E-state index is 13.1. The predicted molar refractivity (Wildman–Crippen MR) is 73.2 cm³/mol. The maximum Gasteiger partial charge on any atom is 0.123 e. The number of rotatable bonds is 3. The third kappa shape index (κ3) is 2.82. The van der Waals surface area contributed by atoms with E-state index in [1.165, 1.54) is 18.1 Å². The molecule has 3 heteroatoms. The lowest BCUT2D eigenvalue weighted by molar-refractivity contribution is 0.447. The van der Waals surface area contributed by atoms with Crippen LogP contribution in [0, 0.1) is 5.82 Å². The fraction of sp³-hybridized carbons (Fsp3) is 0.312. The lowest BCUT2D eigenvalue weighted by Crippen LogP contribution is -2.25. The standard InChI is InChI=1S/C16H17FN2/c17-14-7-1-4-12(10-14)11-19-15-8-2-5-13-6-3-9-18-16(13)15/h1,3-4,6-7,9-10,15,19H,2,5,8,11H2. The largest absolute Gasteiger partial charge is 0.305 e. The summed E-state index contributed by atoms with van der Waals surface area (Å²) in [7, 11) is 0. The molecular formula is C16H17FN2. The van der Waals surface area contributed by atoms with Crippen molar-refractivity contribution in [3.8, 4) is 0 Å². The Balaban J connectivity index is 1.71. The second kappa shape index (κ2) is 5.49. The SMILES string of the molecule is Fc1cccc(CNC2CCCc3cccnc32)c1. The molecule has 1 aromatic heterocycles. The summed E-state index contributed by atoms with van der Waals surface area (Å²) < 4.78 is 13.1. The number of hydrogen-bond acceptors (Lipinski definition) is 2. The summed E-state index contributed by atoms with van der Waals surface area (Å²) in [6.45, 7) is 0.679. The Morgan fingerprint density at radius 2 is 2.21 bits per heavy atom. The summed E-state index contributed by atoms with van der Waals surface area (Å²) in [6.07, 6.45) is 5.24. The van der Waals surface area contributed by atoms with Crippen molar-refractivity contribution in [3.63, 3.8) is 0 Å². The van der Waals surface area contributed by atoms with Gasteiger partial charge in [-0.2, -0.15) is 0 Å². The molecule has 0 saturated carbocycles. The molecule has 1 aliphatic carbocycles. The van der Waals surface area contributed by atoms with Crippen LogP contribution in [0.2, 0.25) is 0 Å². The average Bonchev–Trinajstić information content (AvgIpc) is 2.45. The number of hydrogen-bond donors (Lipinski definition) is 1. The van der Waals surface area contributed by atoms with Crippen molar-refractivity contribution in [2.75, 3.05) is 0 Å². The number of aryl methyl sites for hydroxylation is 1. The number of nitrogens with zero attached hydrogens (tertiary/aromatic N) is 1. The van der Waals surface area contributed by atoms with Crippen LogP contribution in [0.1, 0.15) is 35.7 Å². The fourth-order valence-corrected chi connectivity index (χ4v) is 2.70. The van der Waals surface area contributed by atoms with E-state index in [4.69, 9.17) is 0 Å². The molecule has 98 valence electrons. The van der Waals surface area contributed by atoms with Crippen LogP contribution in [-0.2, 0) is 13.0 Å². The molecule has 2 aromatic rings. The molecule has 0 spiro atoms. The zero-order valence-electron chi connectivity index (χ0n) is 10.8. The molecule has 0 aliphatic heterocycles. The molecule has 0 amide bonds. The number of pyridine rings is 1. The van der Waals surface area contributed by atoms with Crippen LogP contribution >= 0.6 is 0 Å². The van der Waals surface area contributed by atoms with Crippen LogP contribution in [-0.4, -0.2) is 4.98 Å². The molecular weight excluding hydrogens is 239 g/mol. The summed E-state index contributed by atoms with van der Waals surface area (Å²) in [4.78, 5) is 4.49. The lowest BCUT2D eigenvalue weighted by atomic mass is 9.92. The van der Waals surface area contributed by atoms with Gasteiger partial charge in [-0.25, -0.2) is 4.39 Å². The van der Waals surface area contributed by atoms with Gasteiger partial charge in [0, 0.05) is 12.7 Å². The van der Waals surface area contributed by atoms with Crippen molar-refractivity contribution in [1.29, 1.82) is 0 Å². The van der Waals surface area contributed by atoms with Gasteiger partial charge < -0.3 is 5.32 Å². The van der Waals surface area contributed by atoms with Gasteiger partial charge in [0.1, 0.15) is 5.82 Å². The van der Waals surface area contributed by atoms with Crippen LogP contribution in [0.3, 0.4) is 0 Å². The van der Waals surface area contributed by atoms with Crippen molar-refractivity contribution in [2.24, 2.45) is 0 Å². The topological polar surface area (TPSA) is 24.9 Å². The Hall–Kier alpha value is -1.74. The van der Waals surface area contributed by atoms with Crippen molar-refractivity contribution in [2.45, 2.75) is 31.8 Å². The van der Waals surface area contributed by atoms with E-state index < -0.39 is 0 Å². The highest BCUT2D eigenvalue weighted by molar-refractivity contribution is 5.26. The first-order valence-corrected chi connectivity index (χ1v) is 6.74. The molecule has 19 heavy (non-hydrogen) atoms. The van der Waals surface area contributed by atoms with Gasteiger partial charge in [0.05, 0.1) is 11.7 Å². The number of aromatic nitrogens is 1. The Bertz CT molecular complexity index is 568. The van der Waals surface area contributed by atoms with Crippen molar-refractivity contribution in [3.05, 3.63) is 65.2 Å². The summed E-state index contributed by atoms with van der Waals surface area (Å²) in [5.41, 5.74) is 3.47. The predicted octanol–water partition coefficient (Wildman–Crippen LogP) is 3.39. The van der Waals surface area contributed by atoms with Crippen LogP contribution in [0.4, 0.5) is 4.39 Å². The monoisotopic (exact) mass is 256 g/mol. The Labute approximate surface area is 112 Å². The van der Waals surface area contributed by atoms with Gasteiger partial charge in [-0.1, -0.05) is 18.2 Å². The first-order valence-electron chi connectivity index (χ1n) is 6.74. The van der Waals surface area contributed by atoms with Gasteiger partial charge in [-0.15, -0.1) is 0 Å². The van der Waals surface area contributed by atoms with E-state index >= 15 is 0 Å². The van der Waals surface area contributed by atoms with Crippen LogP contribution < -0.4 is 5.32 Å². The molecule has 1 aromatic carbocycles. The number of fused-ring (bicyclic) bond motifs is 1. The van der Waals surface area contributed by atoms with E-state index in [-0.39, 0.29) is 11.9 Å². The van der Waals surface area contributed by atoms with Crippen LogP contribution in [0.15, 0.2) is 42.6 Å². The third-order valence-electron chi connectivity index (χ3n) is 3.64.